The summed E-state index contributed by atoms with van der Waals surface area (Å²) in [5, 5.41) is 8.34. The summed E-state index contributed by atoms with van der Waals surface area (Å²) in [7, 11) is 0. The summed E-state index contributed by atoms with van der Waals surface area (Å²) >= 11 is 0. The highest BCUT2D eigenvalue weighted by Crippen LogP contribution is 2.37. The first-order valence-electron chi connectivity index (χ1n) is 4.64. The fraction of sp³-hybridized carbons (Fsp3) is 0.333. The highest BCUT2D eigenvalue weighted by molar-refractivity contribution is 5.69. The number of rotatable bonds is 3. The molecule has 0 aliphatic rings. The molecule has 0 saturated heterocycles. The van der Waals surface area contributed by atoms with Crippen LogP contribution in [0.4, 0.5) is 30.7 Å². The van der Waals surface area contributed by atoms with Crippen LogP contribution >= 0.6 is 0 Å². The fourth-order valence-corrected chi connectivity index (χ4v) is 1.18. The molecular formula is C9H4F7NO3. The summed E-state index contributed by atoms with van der Waals surface area (Å²) in [5.41, 5.74) is -3.31. The lowest BCUT2D eigenvalue weighted by Gasteiger charge is -2.15. The van der Waals surface area contributed by atoms with E-state index in [1.807, 2.05) is 0 Å². The first-order chi connectivity index (χ1) is 8.90. The molecule has 0 unspecified atom stereocenters. The van der Waals surface area contributed by atoms with Crippen LogP contribution in [0.5, 0.6) is 5.75 Å². The molecule has 0 aromatic carbocycles. The molecule has 0 amide bonds. The molecule has 4 nitrogen and oxygen atoms in total. The Balaban J connectivity index is 3.37. The average Bonchev–Trinajstić information content (AvgIpc) is 2.17. The molecular weight excluding hydrogens is 303 g/mol. The Bertz CT molecular complexity index is 523. The molecule has 0 radical (unpaired) electrons. The van der Waals surface area contributed by atoms with E-state index in [0.717, 1.165) is 0 Å². The topological polar surface area (TPSA) is 59.4 Å². The van der Waals surface area contributed by atoms with Gasteiger partial charge in [-0.05, 0) is 0 Å². The fourth-order valence-electron chi connectivity index (χ4n) is 1.18. The molecule has 1 rings (SSSR count). The van der Waals surface area contributed by atoms with E-state index in [0.29, 0.717) is 0 Å². The summed E-state index contributed by atoms with van der Waals surface area (Å²) in [6, 6.07) is -0.207. The third-order valence-corrected chi connectivity index (χ3v) is 1.83. The number of ether oxygens (including phenoxy) is 1. The van der Waals surface area contributed by atoms with E-state index in [2.05, 4.69) is 9.72 Å². The van der Waals surface area contributed by atoms with Crippen LogP contribution in [-0.4, -0.2) is 22.4 Å². The van der Waals surface area contributed by atoms with Crippen LogP contribution in [0, 0.1) is 5.82 Å². The molecule has 0 saturated carbocycles. The van der Waals surface area contributed by atoms with Gasteiger partial charge in [-0.25, -0.2) is 9.37 Å². The van der Waals surface area contributed by atoms with E-state index in [9.17, 15) is 35.5 Å². The molecule has 1 N–H and O–H groups in total. The largest absolute Gasteiger partial charge is 0.573 e. The SMILES string of the molecule is O=C(O)Cc1nc(C(F)(F)F)c(OC(F)(F)F)cc1F. The molecule has 1 heterocycles. The summed E-state index contributed by atoms with van der Waals surface area (Å²) < 4.78 is 89.5. The predicted molar refractivity (Wildman–Crippen MR) is 47.2 cm³/mol. The number of hydrogen-bond acceptors (Lipinski definition) is 3. The van der Waals surface area contributed by atoms with Crippen molar-refractivity contribution < 1.29 is 45.4 Å². The molecule has 11 heteroatoms. The van der Waals surface area contributed by atoms with Crippen molar-refractivity contribution in [3.63, 3.8) is 0 Å². The number of aliphatic carboxylic acids is 1. The maximum absolute atomic E-state index is 13.2. The lowest BCUT2D eigenvalue weighted by molar-refractivity contribution is -0.276. The molecule has 0 atom stereocenters. The zero-order valence-electron chi connectivity index (χ0n) is 9.14. The standard InChI is InChI=1S/C9H4F7NO3/c10-3-1-5(20-9(14,15)16)7(8(11,12)13)17-4(3)2-6(18)19/h1H,2H2,(H,18,19). The zero-order chi connectivity index (χ0) is 15.7. The Morgan fingerprint density at radius 3 is 2.20 bits per heavy atom. The second-order valence-electron chi connectivity index (χ2n) is 3.38. The van der Waals surface area contributed by atoms with E-state index in [1.165, 1.54) is 0 Å². The Morgan fingerprint density at radius 1 is 1.25 bits per heavy atom. The van der Waals surface area contributed by atoms with Crippen molar-refractivity contribution in [1.82, 2.24) is 4.98 Å². The van der Waals surface area contributed by atoms with Gasteiger partial charge in [-0.15, -0.1) is 13.2 Å². The molecule has 20 heavy (non-hydrogen) atoms. The monoisotopic (exact) mass is 307 g/mol. The van der Waals surface area contributed by atoms with Crippen LogP contribution < -0.4 is 4.74 Å². The molecule has 0 aliphatic carbocycles. The number of carboxylic acid groups (broad SMARTS) is 1. The maximum atomic E-state index is 13.2. The molecule has 0 fully saturated rings. The number of carboxylic acids is 1. The number of aromatic nitrogens is 1. The van der Waals surface area contributed by atoms with Gasteiger partial charge in [0.05, 0.1) is 12.1 Å². The molecule has 1 aromatic rings. The van der Waals surface area contributed by atoms with Crippen LogP contribution in [-0.2, 0) is 17.4 Å². The highest BCUT2D eigenvalue weighted by Gasteiger charge is 2.41. The van der Waals surface area contributed by atoms with Crippen LogP contribution in [0.3, 0.4) is 0 Å². The Labute approximate surface area is 105 Å². The summed E-state index contributed by atoms with van der Waals surface area (Å²) in [6.07, 6.45) is -12.1. The van der Waals surface area contributed by atoms with Crippen molar-refractivity contribution in [3.05, 3.63) is 23.3 Å². The van der Waals surface area contributed by atoms with Gasteiger partial charge in [0.25, 0.3) is 0 Å². The van der Waals surface area contributed by atoms with Gasteiger partial charge in [0.1, 0.15) is 5.82 Å². The van der Waals surface area contributed by atoms with Gasteiger partial charge in [0.2, 0.25) is 0 Å². The Kier molecular flexibility index (Phi) is 4.10. The number of alkyl halides is 6. The van der Waals surface area contributed by atoms with E-state index >= 15 is 0 Å². The van der Waals surface area contributed by atoms with Gasteiger partial charge in [-0.1, -0.05) is 0 Å². The lowest BCUT2D eigenvalue weighted by Crippen LogP contribution is -2.22. The van der Waals surface area contributed by atoms with Gasteiger partial charge >= 0.3 is 18.5 Å². The highest BCUT2D eigenvalue weighted by atomic mass is 19.4. The van der Waals surface area contributed by atoms with Crippen molar-refractivity contribution in [2.24, 2.45) is 0 Å². The van der Waals surface area contributed by atoms with Crippen molar-refractivity contribution in [3.8, 4) is 5.75 Å². The lowest BCUT2D eigenvalue weighted by atomic mass is 10.2. The molecule has 0 bridgehead atoms. The van der Waals surface area contributed by atoms with Gasteiger partial charge in [-0.3, -0.25) is 4.79 Å². The summed E-state index contributed by atoms with van der Waals surface area (Å²) in [4.78, 5) is 12.9. The number of nitrogens with zero attached hydrogens (tertiary/aromatic N) is 1. The Hall–Kier alpha value is -2.07. The van der Waals surface area contributed by atoms with Crippen molar-refractivity contribution in [1.29, 1.82) is 0 Å². The van der Waals surface area contributed by atoms with Crippen LogP contribution in [0.1, 0.15) is 11.4 Å². The van der Waals surface area contributed by atoms with Crippen LogP contribution in [0.15, 0.2) is 6.07 Å². The first-order valence-corrected chi connectivity index (χ1v) is 4.64. The normalized spacial score (nSPS) is 12.3. The predicted octanol–water partition coefficient (Wildman–Crippen LogP) is 2.77. The zero-order valence-corrected chi connectivity index (χ0v) is 9.14. The van der Waals surface area contributed by atoms with Crippen molar-refractivity contribution in [2.75, 3.05) is 0 Å². The van der Waals surface area contributed by atoms with Gasteiger partial charge < -0.3 is 9.84 Å². The average molecular weight is 307 g/mol. The van der Waals surface area contributed by atoms with Gasteiger partial charge in [0, 0.05) is 6.07 Å². The molecule has 0 aliphatic heterocycles. The van der Waals surface area contributed by atoms with E-state index in [-0.39, 0.29) is 6.07 Å². The smallest absolute Gasteiger partial charge is 0.481 e. The quantitative estimate of drug-likeness (QED) is 0.872. The van der Waals surface area contributed by atoms with E-state index < -0.39 is 47.9 Å². The third-order valence-electron chi connectivity index (χ3n) is 1.83. The minimum Gasteiger partial charge on any atom is -0.481 e. The molecule has 1 aromatic heterocycles. The molecule has 0 spiro atoms. The summed E-state index contributed by atoms with van der Waals surface area (Å²) in [6.45, 7) is 0. The summed E-state index contributed by atoms with van der Waals surface area (Å²) in [5.74, 6) is -5.25. The number of carbonyl (C=O) groups is 1. The number of halogens is 7. The number of hydrogen-bond donors (Lipinski definition) is 1. The van der Waals surface area contributed by atoms with Crippen LogP contribution in [0.25, 0.3) is 0 Å². The van der Waals surface area contributed by atoms with Gasteiger partial charge in [0.15, 0.2) is 11.4 Å². The Morgan fingerprint density at radius 2 is 1.80 bits per heavy atom. The maximum Gasteiger partial charge on any atom is 0.573 e. The third kappa shape index (κ3) is 4.24. The molecule has 112 valence electrons. The van der Waals surface area contributed by atoms with E-state index in [1.54, 1.807) is 0 Å². The minimum absolute atomic E-state index is 0.207. The minimum atomic E-state index is -5.48. The number of pyridine rings is 1. The second kappa shape index (κ2) is 5.13. The van der Waals surface area contributed by atoms with E-state index in [4.69, 9.17) is 5.11 Å². The second-order valence-corrected chi connectivity index (χ2v) is 3.38. The van der Waals surface area contributed by atoms with Crippen molar-refractivity contribution >= 4 is 5.97 Å². The van der Waals surface area contributed by atoms with Gasteiger partial charge in [-0.2, -0.15) is 13.2 Å². The first kappa shape index (κ1) is 16.0. The van der Waals surface area contributed by atoms with Crippen molar-refractivity contribution in [2.45, 2.75) is 19.0 Å². The van der Waals surface area contributed by atoms with Crippen LogP contribution in [0.2, 0.25) is 0 Å².